The number of anilines is 2. The molecule has 30 heavy (non-hydrogen) atoms. The van der Waals surface area contributed by atoms with Gasteiger partial charge in [-0.25, -0.2) is 0 Å². The highest BCUT2D eigenvalue weighted by molar-refractivity contribution is 6.05. The van der Waals surface area contributed by atoms with Crippen LogP contribution in [0.25, 0.3) is 0 Å². The van der Waals surface area contributed by atoms with E-state index in [-0.39, 0.29) is 5.91 Å². The Hall–Kier alpha value is -3.12. The van der Waals surface area contributed by atoms with Gasteiger partial charge in [0.25, 0.3) is 5.91 Å². The first-order valence-electron chi connectivity index (χ1n) is 10.6. The Bertz CT molecular complexity index is 974. The van der Waals surface area contributed by atoms with Gasteiger partial charge in [0, 0.05) is 16.9 Å². The van der Waals surface area contributed by atoms with Gasteiger partial charge in [-0.15, -0.1) is 0 Å². The molecule has 2 heterocycles. The van der Waals surface area contributed by atoms with Crippen molar-refractivity contribution in [3.8, 4) is 0 Å². The van der Waals surface area contributed by atoms with Crippen LogP contribution in [0.5, 0.6) is 0 Å². The summed E-state index contributed by atoms with van der Waals surface area (Å²) in [6.07, 6.45) is 0.664. The number of hydrogen-bond donors (Lipinski definition) is 2. The van der Waals surface area contributed by atoms with Crippen molar-refractivity contribution in [3.63, 3.8) is 0 Å². The third kappa shape index (κ3) is 4.54. The average Bonchev–Trinajstić information content (AvgIpc) is 3.16. The summed E-state index contributed by atoms with van der Waals surface area (Å²) in [5.74, 6) is 0.383. The SMILES string of the molecule is CCc1noc(C)c1C(=O)Nc1ccc(N2CC[NH+](Cc3ccccc3)CC2)cc1. The molecule has 0 spiro atoms. The molecule has 1 aliphatic rings. The van der Waals surface area contributed by atoms with Gasteiger partial charge < -0.3 is 19.6 Å². The van der Waals surface area contributed by atoms with Crippen LogP contribution in [-0.2, 0) is 13.0 Å². The minimum Gasteiger partial charge on any atom is -0.361 e. The van der Waals surface area contributed by atoms with Crippen molar-refractivity contribution >= 4 is 17.3 Å². The summed E-state index contributed by atoms with van der Waals surface area (Å²) in [6, 6.07) is 18.8. The van der Waals surface area contributed by atoms with E-state index < -0.39 is 0 Å². The molecule has 1 aromatic heterocycles. The van der Waals surface area contributed by atoms with Crippen LogP contribution in [-0.4, -0.2) is 37.2 Å². The topological polar surface area (TPSA) is 62.8 Å². The van der Waals surface area contributed by atoms with Gasteiger partial charge in [0.15, 0.2) is 0 Å². The average molecular weight is 406 g/mol. The number of hydrogen-bond acceptors (Lipinski definition) is 4. The first-order valence-corrected chi connectivity index (χ1v) is 10.6. The Morgan fingerprint density at radius 2 is 1.80 bits per heavy atom. The zero-order valence-corrected chi connectivity index (χ0v) is 17.6. The van der Waals surface area contributed by atoms with E-state index in [1.165, 1.54) is 11.3 Å². The molecule has 0 atom stereocenters. The number of rotatable bonds is 6. The molecule has 3 aromatic rings. The minimum absolute atomic E-state index is 0.170. The van der Waals surface area contributed by atoms with Gasteiger partial charge in [-0.1, -0.05) is 42.4 Å². The van der Waals surface area contributed by atoms with Crippen molar-refractivity contribution in [2.75, 3.05) is 36.4 Å². The second kappa shape index (κ2) is 9.13. The highest BCUT2D eigenvalue weighted by Crippen LogP contribution is 2.20. The smallest absolute Gasteiger partial charge is 0.261 e. The number of nitrogens with one attached hydrogen (secondary N) is 2. The van der Waals surface area contributed by atoms with Gasteiger partial charge in [-0.2, -0.15) is 0 Å². The lowest BCUT2D eigenvalue weighted by atomic mass is 10.1. The molecule has 156 valence electrons. The predicted octanol–water partition coefficient (Wildman–Crippen LogP) is 2.70. The molecule has 2 aromatic carbocycles. The molecule has 4 rings (SSSR count). The number of carbonyl (C=O) groups is 1. The van der Waals surface area contributed by atoms with Gasteiger partial charge in [0.2, 0.25) is 0 Å². The monoisotopic (exact) mass is 405 g/mol. The van der Waals surface area contributed by atoms with Gasteiger partial charge in [-0.3, -0.25) is 4.79 Å². The Morgan fingerprint density at radius 1 is 1.10 bits per heavy atom. The van der Waals surface area contributed by atoms with Crippen LogP contribution < -0.4 is 15.1 Å². The number of benzene rings is 2. The van der Waals surface area contributed by atoms with Crippen molar-refractivity contribution in [2.24, 2.45) is 0 Å². The van der Waals surface area contributed by atoms with Crippen LogP contribution in [0.1, 0.15) is 34.3 Å². The van der Waals surface area contributed by atoms with Gasteiger partial charge in [-0.05, 0) is 37.6 Å². The lowest BCUT2D eigenvalue weighted by molar-refractivity contribution is -0.914. The third-order valence-corrected chi connectivity index (χ3v) is 5.75. The molecule has 1 amide bonds. The summed E-state index contributed by atoms with van der Waals surface area (Å²) in [5.41, 5.74) is 4.61. The first kappa shape index (κ1) is 20.2. The van der Waals surface area contributed by atoms with Crippen LogP contribution in [0.4, 0.5) is 11.4 Å². The summed E-state index contributed by atoms with van der Waals surface area (Å²) in [6.45, 7) is 9.14. The van der Waals surface area contributed by atoms with E-state index >= 15 is 0 Å². The second-order valence-electron chi connectivity index (χ2n) is 7.81. The van der Waals surface area contributed by atoms with E-state index in [0.29, 0.717) is 23.4 Å². The largest absolute Gasteiger partial charge is 0.361 e. The van der Waals surface area contributed by atoms with E-state index in [1.807, 2.05) is 19.1 Å². The van der Waals surface area contributed by atoms with E-state index in [0.717, 1.165) is 38.4 Å². The molecule has 2 N–H and O–H groups in total. The zero-order valence-electron chi connectivity index (χ0n) is 17.6. The highest BCUT2D eigenvalue weighted by Gasteiger charge is 2.21. The molecular formula is C24H29N4O2+. The number of carbonyl (C=O) groups excluding carboxylic acids is 1. The maximum Gasteiger partial charge on any atom is 0.261 e. The molecule has 1 saturated heterocycles. The third-order valence-electron chi connectivity index (χ3n) is 5.75. The number of nitrogens with zero attached hydrogens (tertiary/aromatic N) is 2. The number of amides is 1. The molecular weight excluding hydrogens is 376 g/mol. The molecule has 1 fully saturated rings. The Morgan fingerprint density at radius 3 is 2.47 bits per heavy atom. The summed E-state index contributed by atoms with van der Waals surface area (Å²) < 4.78 is 5.17. The molecule has 0 unspecified atom stereocenters. The lowest BCUT2D eigenvalue weighted by Crippen LogP contribution is -3.13. The van der Waals surface area contributed by atoms with Crippen LogP contribution in [0.15, 0.2) is 59.1 Å². The number of aromatic nitrogens is 1. The maximum atomic E-state index is 12.6. The molecule has 0 radical (unpaired) electrons. The van der Waals surface area contributed by atoms with E-state index in [1.54, 1.807) is 11.8 Å². The molecule has 6 nitrogen and oxygen atoms in total. The van der Waals surface area contributed by atoms with E-state index in [2.05, 4.69) is 57.8 Å². The van der Waals surface area contributed by atoms with E-state index in [4.69, 9.17) is 4.52 Å². The highest BCUT2D eigenvalue weighted by atomic mass is 16.5. The number of piperazine rings is 1. The van der Waals surface area contributed by atoms with Crippen LogP contribution in [0.2, 0.25) is 0 Å². The summed E-state index contributed by atoms with van der Waals surface area (Å²) >= 11 is 0. The maximum absolute atomic E-state index is 12.6. The first-order chi connectivity index (χ1) is 14.6. The molecule has 1 aliphatic heterocycles. The Labute approximate surface area is 177 Å². The second-order valence-corrected chi connectivity index (χ2v) is 7.81. The van der Waals surface area contributed by atoms with Gasteiger partial charge >= 0.3 is 0 Å². The van der Waals surface area contributed by atoms with Crippen LogP contribution in [0.3, 0.4) is 0 Å². The summed E-state index contributed by atoms with van der Waals surface area (Å²) in [5, 5.41) is 6.92. The van der Waals surface area contributed by atoms with Crippen LogP contribution in [0, 0.1) is 6.92 Å². The van der Waals surface area contributed by atoms with Crippen molar-refractivity contribution in [3.05, 3.63) is 77.2 Å². The lowest BCUT2D eigenvalue weighted by Gasteiger charge is -2.33. The Kier molecular flexibility index (Phi) is 6.14. The minimum atomic E-state index is -0.170. The van der Waals surface area contributed by atoms with Gasteiger partial charge in [0.05, 0.1) is 31.9 Å². The summed E-state index contributed by atoms with van der Waals surface area (Å²) in [7, 11) is 0. The van der Waals surface area contributed by atoms with Crippen molar-refractivity contribution in [1.82, 2.24) is 5.16 Å². The zero-order chi connectivity index (χ0) is 20.9. The molecule has 6 heteroatoms. The fourth-order valence-corrected chi connectivity index (χ4v) is 4.04. The van der Waals surface area contributed by atoms with Gasteiger partial charge in [0.1, 0.15) is 17.9 Å². The summed E-state index contributed by atoms with van der Waals surface area (Å²) in [4.78, 5) is 16.7. The quantitative estimate of drug-likeness (QED) is 0.662. The fraction of sp³-hybridized carbons (Fsp3) is 0.333. The van der Waals surface area contributed by atoms with Crippen LogP contribution >= 0.6 is 0 Å². The number of aryl methyl sites for hydroxylation is 2. The number of quaternary nitrogens is 1. The predicted molar refractivity (Wildman–Crippen MR) is 118 cm³/mol. The normalized spacial score (nSPS) is 14.7. The molecule has 0 bridgehead atoms. The van der Waals surface area contributed by atoms with E-state index in [9.17, 15) is 4.79 Å². The van der Waals surface area contributed by atoms with Crippen molar-refractivity contribution in [1.29, 1.82) is 0 Å². The molecule has 0 aliphatic carbocycles. The molecule has 0 saturated carbocycles. The standard InChI is InChI=1S/C24H28N4O2/c1-3-22-23(18(2)30-26-22)24(29)25-20-9-11-21(12-10-20)28-15-13-27(14-16-28)17-19-7-5-4-6-8-19/h4-12H,3,13-17H2,1-2H3,(H,25,29)/p+1. The fourth-order valence-electron chi connectivity index (χ4n) is 4.04. The van der Waals surface area contributed by atoms with Crippen molar-refractivity contribution in [2.45, 2.75) is 26.8 Å². The Balaban J connectivity index is 1.33. The van der Waals surface area contributed by atoms with Crippen molar-refractivity contribution < 1.29 is 14.2 Å².